The Morgan fingerprint density at radius 2 is 0.896 bits per heavy atom. The minimum absolute atomic E-state index is 0.540. The van der Waals surface area contributed by atoms with Crippen LogP contribution in [0, 0.1) is 13.1 Å². The van der Waals surface area contributed by atoms with Crippen molar-refractivity contribution < 1.29 is 0 Å². The zero-order chi connectivity index (χ0) is 32.5. The van der Waals surface area contributed by atoms with E-state index in [2.05, 4.69) is 160 Å². The van der Waals surface area contributed by atoms with Crippen LogP contribution < -0.4 is 20.7 Å². The van der Waals surface area contributed by atoms with Gasteiger partial charge in [-0.1, -0.05) is 152 Å². The average molecular weight is 628 g/mol. The Morgan fingerprint density at radius 3 is 1.40 bits per heavy atom. The number of hydrogen-bond acceptors (Lipinski definition) is 0. The van der Waals surface area contributed by atoms with E-state index in [1.807, 2.05) is 30.3 Å². The van der Waals surface area contributed by atoms with Crippen LogP contribution in [0.4, 0.5) is 11.4 Å². The van der Waals surface area contributed by atoms with Crippen LogP contribution in [0.1, 0.15) is 0 Å². The lowest BCUT2D eigenvalue weighted by Crippen LogP contribution is -2.74. The predicted molar refractivity (Wildman–Crippen MR) is 202 cm³/mol. The molecule has 224 valence electrons. The molecule has 8 rings (SSSR count). The van der Waals surface area contributed by atoms with Gasteiger partial charge in [-0.2, -0.15) is 0 Å². The summed E-state index contributed by atoms with van der Waals surface area (Å²) in [6.45, 7) is 16.5. The van der Waals surface area contributed by atoms with Crippen LogP contribution in [0.2, 0.25) is 0 Å². The second-order valence-electron chi connectivity index (χ2n) is 11.9. The molecule has 1 heterocycles. The summed E-state index contributed by atoms with van der Waals surface area (Å²) < 4.78 is 2.19. The molecule has 0 spiro atoms. The van der Waals surface area contributed by atoms with E-state index in [0.717, 1.165) is 38.6 Å². The number of aromatic nitrogens is 1. The molecule has 0 aliphatic carbocycles. The molecule has 0 unspecified atom stereocenters. The zero-order valence-corrected chi connectivity index (χ0v) is 27.1. The van der Waals surface area contributed by atoms with Gasteiger partial charge in [0.2, 0.25) is 5.69 Å². The highest BCUT2D eigenvalue weighted by molar-refractivity contribution is 7.19. The molecule has 48 heavy (non-hydrogen) atoms. The maximum atomic E-state index is 8.30. The number of fused-ring (bicyclic) bond motifs is 3. The fourth-order valence-corrected chi connectivity index (χ4v) is 12.1. The Labute approximate surface area is 281 Å². The number of rotatable bonds is 6. The highest BCUT2D eigenvalue weighted by Gasteiger charge is 2.41. The van der Waals surface area contributed by atoms with E-state index in [1.54, 1.807) is 0 Å². The normalized spacial score (nSPS) is 11.3. The molecule has 0 aliphatic rings. The van der Waals surface area contributed by atoms with Crippen molar-refractivity contribution >= 4 is 62.0 Å². The van der Waals surface area contributed by atoms with Gasteiger partial charge in [0.25, 0.3) is 0 Å². The standard InChI is InChI=1S/C44H29N3Si/c1-45-40-28-27-36(48(33-16-6-3-7-17-33,34-18-8-4-9-19-34)35-20-10-5-11-21-35)31-39(40)32-26-29-44(41(30-32)46-2)47-42-24-14-12-22-37(42)38-23-13-15-25-43(38)47/h3-31H. The van der Waals surface area contributed by atoms with Crippen molar-refractivity contribution in [3.63, 3.8) is 0 Å². The Hall–Kier alpha value is -6.46. The van der Waals surface area contributed by atoms with Crippen LogP contribution >= 0.6 is 0 Å². The Morgan fingerprint density at radius 1 is 0.417 bits per heavy atom. The average Bonchev–Trinajstić information content (AvgIpc) is 3.50. The second kappa shape index (κ2) is 12.0. The van der Waals surface area contributed by atoms with Crippen molar-refractivity contribution in [3.05, 3.63) is 199 Å². The van der Waals surface area contributed by atoms with Crippen LogP contribution in [0.25, 0.3) is 48.3 Å². The van der Waals surface area contributed by atoms with E-state index in [1.165, 1.54) is 20.7 Å². The fourth-order valence-electron chi connectivity index (χ4n) is 7.31. The summed E-state index contributed by atoms with van der Waals surface area (Å²) in [5, 5.41) is 7.30. The molecule has 0 atom stereocenters. The number of hydrogen-bond donors (Lipinski definition) is 0. The summed E-state index contributed by atoms with van der Waals surface area (Å²) in [5.41, 5.74) is 5.74. The van der Waals surface area contributed by atoms with Crippen molar-refractivity contribution in [1.29, 1.82) is 0 Å². The lowest BCUT2D eigenvalue weighted by molar-refractivity contribution is 1.19. The predicted octanol–water partition coefficient (Wildman–Crippen LogP) is 8.93. The highest BCUT2D eigenvalue weighted by atomic mass is 28.3. The van der Waals surface area contributed by atoms with E-state index in [0.29, 0.717) is 11.4 Å². The number of para-hydroxylation sites is 2. The summed E-state index contributed by atoms with van der Waals surface area (Å²) in [5.74, 6) is 0. The molecule has 1 aromatic heterocycles. The van der Waals surface area contributed by atoms with Crippen LogP contribution in [0.15, 0.2) is 176 Å². The second-order valence-corrected chi connectivity index (χ2v) is 15.7. The van der Waals surface area contributed by atoms with Crippen LogP contribution in [0.3, 0.4) is 0 Å². The van der Waals surface area contributed by atoms with Gasteiger partial charge in [-0.15, -0.1) is 0 Å². The summed E-state index contributed by atoms with van der Waals surface area (Å²) in [4.78, 5) is 8.04. The van der Waals surface area contributed by atoms with Crippen LogP contribution in [-0.4, -0.2) is 12.6 Å². The quantitative estimate of drug-likeness (QED) is 0.0993. The molecule has 8 aromatic rings. The SMILES string of the molecule is [C-]#[N+]c1ccc([Si](c2ccccc2)(c2ccccc2)c2ccccc2)cc1-c1ccc(-n2c3ccccc3c3ccccc32)c([N+]#[C-])c1. The first-order valence-corrected chi connectivity index (χ1v) is 17.9. The fraction of sp³-hybridized carbons (Fsp3) is 0. The lowest BCUT2D eigenvalue weighted by atomic mass is 10.0. The Kier molecular flexibility index (Phi) is 7.27. The van der Waals surface area contributed by atoms with Crippen molar-refractivity contribution in [3.8, 4) is 16.8 Å². The number of nitrogens with zero attached hydrogens (tertiary/aromatic N) is 3. The zero-order valence-electron chi connectivity index (χ0n) is 26.1. The minimum Gasteiger partial charge on any atom is -0.319 e. The third kappa shape index (κ3) is 4.55. The summed E-state index contributed by atoms with van der Waals surface area (Å²) in [7, 11) is -2.80. The maximum absolute atomic E-state index is 8.30. The number of benzene rings is 7. The molecule has 0 fully saturated rings. The van der Waals surface area contributed by atoms with E-state index < -0.39 is 8.07 Å². The molecule has 3 nitrogen and oxygen atoms in total. The van der Waals surface area contributed by atoms with Gasteiger partial charge in [0, 0.05) is 10.8 Å². The lowest BCUT2D eigenvalue weighted by Gasteiger charge is -2.35. The molecule has 0 N–H and O–H groups in total. The van der Waals surface area contributed by atoms with E-state index >= 15 is 0 Å². The van der Waals surface area contributed by atoms with Crippen molar-refractivity contribution in [2.45, 2.75) is 0 Å². The van der Waals surface area contributed by atoms with Crippen LogP contribution in [-0.2, 0) is 0 Å². The largest absolute Gasteiger partial charge is 0.319 e. The molecule has 4 heteroatoms. The Balaban J connectivity index is 1.38. The topological polar surface area (TPSA) is 13.6 Å². The van der Waals surface area contributed by atoms with E-state index in [-0.39, 0.29) is 0 Å². The van der Waals surface area contributed by atoms with Gasteiger partial charge in [-0.25, -0.2) is 9.69 Å². The van der Waals surface area contributed by atoms with Crippen molar-refractivity contribution in [2.75, 3.05) is 0 Å². The van der Waals surface area contributed by atoms with Gasteiger partial charge in [0.05, 0.1) is 29.9 Å². The first-order valence-electron chi connectivity index (χ1n) is 15.9. The minimum atomic E-state index is -2.80. The summed E-state index contributed by atoms with van der Waals surface area (Å²) in [6.07, 6.45) is 0. The van der Waals surface area contributed by atoms with Gasteiger partial charge in [-0.05, 0) is 56.1 Å². The Bertz CT molecular complexity index is 2370. The highest BCUT2D eigenvalue weighted by Crippen LogP contribution is 2.39. The third-order valence-electron chi connectivity index (χ3n) is 9.40. The van der Waals surface area contributed by atoms with Gasteiger partial charge in [0.15, 0.2) is 13.8 Å². The van der Waals surface area contributed by atoms with Gasteiger partial charge in [0.1, 0.15) is 0 Å². The monoisotopic (exact) mass is 627 g/mol. The molecule has 7 aromatic carbocycles. The molecule has 0 aliphatic heterocycles. The summed E-state index contributed by atoms with van der Waals surface area (Å²) in [6, 6.07) is 61.4. The molecule has 0 amide bonds. The molecule has 0 bridgehead atoms. The summed E-state index contributed by atoms with van der Waals surface area (Å²) >= 11 is 0. The first kappa shape index (κ1) is 29.0. The molecule has 0 saturated carbocycles. The van der Waals surface area contributed by atoms with E-state index in [4.69, 9.17) is 13.1 Å². The molecular weight excluding hydrogens is 599 g/mol. The van der Waals surface area contributed by atoms with Crippen LogP contribution in [0.5, 0.6) is 0 Å². The van der Waals surface area contributed by atoms with Gasteiger partial charge in [-0.3, -0.25) is 0 Å². The third-order valence-corrected chi connectivity index (χ3v) is 14.2. The van der Waals surface area contributed by atoms with Crippen molar-refractivity contribution in [1.82, 2.24) is 4.57 Å². The van der Waals surface area contributed by atoms with E-state index in [9.17, 15) is 0 Å². The molecule has 0 saturated heterocycles. The molecule has 0 radical (unpaired) electrons. The first-order chi connectivity index (χ1) is 23.7. The van der Waals surface area contributed by atoms with Gasteiger partial charge < -0.3 is 4.57 Å². The maximum Gasteiger partial charge on any atom is 0.211 e. The van der Waals surface area contributed by atoms with Gasteiger partial charge >= 0.3 is 0 Å². The molecular formula is C44H29N3Si. The smallest absolute Gasteiger partial charge is 0.211 e. The van der Waals surface area contributed by atoms with Crippen molar-refractivity contribution in [2.24, 2.45) is 0 Å².